The molecule has 0 spiro atoms. The summed E-state index contributed by atoms with van der Waals surface area (Å²) in [7, 11) is 0. The lowest BCUT2D eigenvalue weighted by atomic mass is 10.1. The van der Waals surface area contributed by atoms with E-state index in [2.05, 4.69) is 12.2 Å². The van der Waals surface area contributed by atoms with E-state index in [9.17, 15) is 4.79 Å². The van der Waals surface area contributed by atoms with Crippen molar-refractivity contribution in [2.24, 2.45) is 5.73 Å². The molecule has 0 aromatic heterocycles. The predicted molar refractivity (Wildman–Crippen MR) is 78.5 cm³/mol. The molecule has 0 radical (unpaired) electrons. The molecule has 0 heterocycles. The fraction of sp³-hybridized carbons (Fsp3) is 0.533. The van der Waals surface area contributed by atoms with Gasteiger partial charge in [0.1, 0.15) is 0 Å². The van der Waals surface area contributed by atoms with Crippen molar-refractivity contribution < 1.29 is 4.79 Å². The van der Waals surface area contributed by atoms with Crippen LogP contribution in [0.4, 0.5) is 5.69 Å². The minimum absolute atomic E-state index is 0.0396. The van der Waals surface area contributed by atoms with Crippen LogP contribution in [0, 0.1) is 0 Å². The first-order valence-corrected chi connectivity index (χ1v) is 6.83. The molecule has 0 aliphatic heterocycles. The summed E-state index contributed by atoms with van der Waals surface area (Å²) < 4.78 is 0. The van der Waals surface area contributed by atoms with Crippen LogP contribution in [0.5, 0.6) is 0 Å². The summed E-state index contributed by atoms with van der Waals surface area (Å²) in [5, 5.41) is 2.84. The number of nitrogens with one attached hydrogen (secondary N) is 1. The van der Waals surface area contributed by atoms with Crippen molar-refractivity contribution in [2.45, 2.75) is 52.5 Å². The van der Waals surface area contributed by atoms with Crippen LogP contribution in [0.1, 0.15) is 46.5 Å². The second-order valence-corrected chi connectivity index (χ2v) is 4.00. The second kappa shape index (κ2) is 10.8. The zero-order valence-corrected chi connectivity index (χ0v) is 11.8. The molecular formula is C15H26N2O. The Labute approximate surface area is 111 Å². The fourth-order valence-electron chi connectivity index (χ4n) is 1.58. The molecule has 1 atom stereocenters. The van der Waals surface area contributed by atoms with Crippen LogP contribution in [0.3, 0.4) is 0 Å². The Morgan fingerprint density at radius 2 is 1.83 bits per heavy atom. The Hall–Kier alpha value is -1.35. The van der Waals surface area contributed by atoms with Crippen LogP contribution in [0.25, 0.3) is 0 Å². The molecule has 1 amide bonds. The molecule has 3 heteroatoms. The van der Waals surface area contributed by atoms with Crippen molar-refractivity contribution in [3.63, 3.8) is 0 Å². The number of hydrogen-bond donors (Lipinski definition) is 2. The van der Waals surface area contributed by atoms with Crippen LogP contribution >= 0.6 is 0 Å². The molecule has 0 saturated carbocycles. The van der Waals surface area contributed by atoms with Crippen LogP contribution < -0.4 is 11.1 Å². The minimum Gasteiger partial charge on any atom is -0.328 e. The highest BCUT2D eigenvalue weighted by Gasteiger charge is 2.06. The monoisotopic (exact) mass is 250 g/mol. The van der Waals surface area contributed by atoms with E-state index in [0.29, 0.717) is 6.42 Å². The quantitative estimate of drug-likeness (QED) is 0.811. The Kier molecular flexibility index (Phi) is 9.97. The zero-order valence-electron chi connectivity index (χ0n) is 11.8. The van der Waals surface area contributed by atoms with Crippen molar-refractivity contribution in [3.05, 3.63) is 30.3 Å². The van der Waals surface area contributed by atoms with Gasteiger partial charge in [-0.3, -0.25) is 4.79 Å². The van der Waals surface area contributed by atoms with E-state index < -0.39 is 0 Å². The number of rotatable bonds is 6. The van der Waals surface area contributed by atoms with E-state index in [1.54, 1.807) is 0 Å². The first-order valence-electron chi connectivity index (χ1n) is 6.83. The minimum atomic E-state index is 0.0396. The van der Waals surface area contributed by atoms with Gasteiger partial charge in [-0.25, -0.2) is 0 Å². The van der Waals surface area contributed by atoms with E-state index in [1.165, 1.54) is 0 Å². The SMILES string of the molecule is CC.CCCC(N)CCC(=O)Nc1ccccc1. The van der Waals surface area contributed by atoms with Gasteiger partial charge in [0, 0.05) is 18.2 Å². The van der Waals surface area contributed by atoms with Crippen LogP contribution in [0.2, 0.25) is 0 Å². The first-order chi connectivity index (χ1) is 8.72. The summed E-state index contributed by atoms with van der Waals surface area (Å²) in [6.45, 7) is 6.10. The van der Waals surface area contributed by atoms with E-state index >= 15 is 0 Å². The van der Waals surface area contributed by atoms with Crippen LogP contribution in [-0.2, 0) is 4.79 Å². The van der Waals surface area contributed by atoms with Crippen molar-refractivity contribution in [2.75, 3.05) is 5.32 Å². The molecule has 102 valence electrons. The molecule has 1 aromatic rings. The van der Waals surface area contributed by atoms with Gasteiger partial charge in [-0.1, -0.05) is 45.4 Å². The maximum absolute atomic E-state index is 11.6. The van der Waals surface area contributed by atoms with E-state index in [-0.39, 0.29) is 11.9 Å². The number of para-hydroxylation sites is 1. The number of carbonyl (C=O) groups is 1. The topological polar surface area (TPSA) is 55.1 Å². The van der Waals surface area contributed by atoms with Crippen LogP contribution in [-0.4, -0.2) is 11.9 Å². The molecule has 1 unspecified atom stereocenters. The average Bonchev–Trinajstić information content (AvgIpc) is 2.40. The molecule has 0 aliphatic rings. The number of amides is 1. The van der Waals surface area contributed by atoms with Crippen molar-refractivity contribution >= 4 is 11.6 Å². The van der Waals surface area contributed by atoms with Gasteiger partial charge in [-0.15, -0.1) is 0 Å². The Morgan fingerprint density at radius 3 is 2.39 bits per heavy atom. The third-order valence-corrected chi connectivity index (χ3v) is 2.46. The highest BCUT2D eigenvalue weighted by Crippen LogP contribution is 2.07. The molecule has 0 aliphatic carbocycles. The maximum Gasteiger partial charge on any atom is 0.224 e. The van der Waals surface area contributed by atoms with E-state index in [0.717, 1.165) is 24.9 Å². The largest absolute Gasteiger partial charge is 0.328 e. The number of anilines is 1. The van der Waals surface area contributed by atoms with Gasteiger partial charge in [0.2, 0.25) is 5.91 Å². The molecule has 3 nitrogen and oxygen atoms in total. The summed E-state index contributed by atoms with van der Waals surface area (Å²) in [5.74, 6) is 0.0396. The molecule has 1 rings (SSSR count). The zero-order chi connectivity index (χ0) is 13.8. The number of hydrogen-bond acceptors (Lipinski definition) is 2. The lowest BCUT2D eigenvalue weighted by molar-refractivity contribution is -0.116. The lowest BCUT2D eigenvalue weighted by Gasteiger charge is -2.10. The van der Waals surface area contributed by atoms with Gasteiger partial charge < -0.3 is 11.1 Å². The normalized spacial score (nSPS) is 11.1. The summed E-state index contributed by atoms with van der Waals surface area (Å²) in [4.78, 5) is 11.6. The predicted octanol–water partition coefficient (Wildman–Crippen LogP) is 3.56. The Balaban J connectivity index is 0.00000137. The molecule has 0 bridgehead atoms. The molecular weight excluding hydrogens is 224 g/mol. The molecule has 18 heavy (non-hydrogen) atoms. The van der Waals surface area contributed by atoms with Gasteiger partial charge >= 0.3 is 0 Å². The van der Waals surface area contributed by atoms with Crippen molar-refractivity contribution in [3.8, 4) is 0 Å². The van der Waals surface area contributed by atoms with E-state index in [4.69, 9.17) is 5.73 Å². The molecule has 0 fully saturated rings. The van der Waals surface area contributed by atoms with Crippen molar-refractivity contribution in [1.29, 1.82) is 0 Å². The molecule has 0 saturated heterocycles. The maximum atomic E-state index is 11.6. The van der Waals surface area contributed by atoms with Crippen LogP contribution in [0.15, 0.2) is 30.3 Å². The Bertz CT molecular complexity index is 312. The van der Waals surface area contributed by atoms with E-state index in [1.807, 2.05) is 44.2 Å². The van der Waals surface area contributed by atoms with Gasteiger partial charge in [0.05, 0.1) is 0 Å². The summed E-state index contributed by atoms with van der Waals surface area (Å²) >= 11 is 0. The second-order valence-electron chi connectivity index (χ2n) is 4.00. The number of nitrogens with two attached hydrogens (primary N) is 1. The summed E-state index contributed by atoms with van der Waals surface area (Å²) in [6.07, 6.45) is 3.31. The van der Waals surface area contributed by atoms with Crippen molar-refractivity contribution in [1.82, 2.24) is 0 Å². The number of benzene rings is 1. The first kappa shape index (κ1) is 16.6. The number of carbonyl (C=O) groups excluding carboxylic acids is 1. The third kappa shape index (κ3) is 7.85. The summed E-state index contributed by atoms with van der Waals surface area (Å²) in [6, 6.07) is 9.63. The molecule has 3 N–H and O–H groups in total. The van der Waals surface area contributed by atoms with Gasteiger partial charge in [-0.05, 0) is 25.0 Å². The highest BCUT2D eigenvalue weighted by molar-refractivity contribution is 5.90. The lowest BCUT2D eigenvalue weighted by Crippen LogP contribution is -2.22. The Morgan fingerprint density at radius 1 is 1.22 bits per heavy atom. The summed E-state index contributed by atoms with van der Waals surface area (Å²) in [5.41, 5.74) is 6.69. The fourth-order valence-corrected chi connectivity index (χ4v) is 1.58. The average molecular weight is 250 g/mol. The standard InChI is InChI=1S/C13H20N2O.C2H6/c1-2-6-11(14)9-10-13(16)15-12-7-4-3-5-8-12;1-2/h3-5,7-8,11H,2,6,9-10,14H2,1H3,(H,15,16);1-2H3. The van der Waals surface area contributed by atoms with Gasteiger partial charge in [0.15, 0.2) is 0 Å². The third-order valence-electron chi connectivity index (χ3n) is 2.46. The smallest absolute Gasteiger partial charge is 0.224 e. The highest BCUT2D eigenvalue weighted by atomic mass is 16.1. The van der Waals surface area contributed by atoms with Gasteiger partial charge in [0.25, 0.3) is 0 Å². The van der Waals surface area contributed by atoms with Gasteiger partial charge in [-0.2, -0.15) is 0 Å². The molecule has 1 aromatic carbocycles.